The second kappa shape index (κ2) is 6.73. The Morgan fingerprint density at radius 2 is 1.76 bits per heavy atom. The summed E-state index contributed by atoms with van der Waals surface area (Å²) in [5.74, 6) is 0.632. The predicted molar refractivity (Wildman–Crippen MR) is 102 cm³/mol. The highest BCUT2D eigenvalue weighted by Crippen LogP contribution is 2.27. The Hall–Kier alpha value is -2.59. The zero-order valence-electron chi connectivity index (χ0n) is 15.2. The summed E-state index contributed by atoms with van der Waals surface area (Å²) in [7, 11) is 1.94. The van der Waals surface area contributed by atoms with Crippen LogP contribution in [0.4, 0.5) is 5.95 Å². The SMILES string of the molecule is Cn1c(-c2ccccc2)cnc1NC(O)c1cccc(C(C)(C)C)c1. The first-order chi connectivity index (χ1) is 11.9. The fourth-order valence-corrected chi connectivity index (χ4v) is 2.80. The molecule has 0 aliphatic heterocycles. The molecule has 4 nitrogen and oxygen atoms in total. The molecule has 0 bridgehead atoms. The summed E-state index contributed by atoms with van der Waals surface area (Å²) < 4.78 is 1.95. The van der Waals surface area contributed by atoms with Gasteiger partial charge < -0.3 is 15.0 Å². The second-order valence-electron chi connectivity index (χ2n) is 7.31. The number of hydrogen-bond acceptors (Lipinski definition) is 3. The Bertz CT molecular complexity index is 847. The van der Waals surface area contributed by atoms with Crippen LogP contribution in [0.25, 0.3) is 11.3 Å². The minimum Gasteiger partial charge on any atom is -0.369 e. The minimum absolute atomic E-state index is 0.0411. The zero-order chi connectivity index (χ0) is 18.0. The van der Waals surface area contributed by atoms with E-state index in [4.69, 9.17) is 0 Å². The fraction of sp³-hybridized carbons (Fsp3) is 0.286. The van der Waals surface area contributed by atoms with Gasteiger partial charge >= 0.3 is 0 Å². The molecule has 25 heavy (non-hydrogen) atoms. The Labute approximate surface area is 149 Å². The predicted octanol–water partition coefficient (Wildman–Crippen LogP) is 4.49. The number of nitrogens with one attached hydrogen (secondary N) is 1. The Morgan fingerprint density at radius 3 is 2.44 bits per heavy atom. The molecule has 0 saturated carbocycles. The lowest BCUT2D eigenvalue weighted by atomic mass is 9.86. The quantitative estimate of drug-likeness (QED) is 0.691. The third-order valence-electron chi connectivity index (χ3n) is 4.39. The van der Waals surface area contributed by atoms with E-state index in [-0.39, 0.29) is 5.41 Å². The number of nitrogens with zero attached hydrogens (tertiary/aromatic N) is 2. The number of aliphatic hydroxyl groups is 1. The standard InChI is InChI=1S/C21H25N3O/c1-21(2,3)17-12-8-11-16(13-17)19(25)23-20-22-14-18(24(20)4)15-9-6-5-7-10-15/h5-14,19,25H,1-4H3,(H,22,23). The molecule has 0 aliphatic carbocycles. The maximum Gasteiger partial charge on any atom is 0.205 e. The van der Waals surface area contributed by atoms with E-state index in [2.05, 4.69) is 37.1 Å². The second-order valence-corrected chi connectivity index (χ2v) is 7.31. The van der Waals surface area contributed by atoms with Crippen LogP contribution in [0.15, 0.2) is 60.8 Å². The lowest BCUT2D eigenvalue weighted by molar-refractivity contribution is 0.206. The van der Waals surface area contributed by atoms with Crippen LogP contribution in [0, 0.1) is 0 Å². The van der Waals surface area contributed by atoms with Gasteiger partial charge in [0.05, 0.1) is 11.9 Å². The number of anilines is 1. The van der Waals surface area contributed by atoms with Crippen molar-refractivity contribution in [3.8, 4) is 11.3 Å². The van der Waals surface area contributed by atoms with E-state index in [0.29, 0.717) is 5.95 Å². The average Bonchev–Trinajstić information content (AvgIpc) is 2.96. The van der Waals surface area contributed by atoms with Gasteiger partial charge in [-0.3, -0.25) is 0 Å². The van der Waals surface area contributed by atoms with Crippen molar-refractivity contribution in [1.82, 2.24) is 9.55 Å². The van der Waals surface area contributed by atoms with E-state index in [1.54, 1.807) is 0 Å². The summed E-state index contributed by atoms with van der Waals surface area (Å²) in [6.07, 6.45) is 1.00. The van der Waals surface area contributed by atoms with Gasteiger partial charge in [-0.25, -0.2) is 4.98 Å². The van der Waals surface area contributed by atoms with Crippen molar-refractivity contribution in [3.63, 3.8) is 0 Å². The highest BCUT2D eigenvalue weighted by Gasteiger charge is 2.17. The van der Waals surface area contributed by atoms with Gasteiger partial charge in [-0.15, -0.1) is 0 Å². The van der Waals surface area contributed by atoms with Gasteiger partial charge in [0, 0.05) is 12.6 Å². The monoisotopic (exact) mass is 335 g/mol. The maximum absolute atomic E-state index is 10.6. The third kappa shape index (κ3) is 3.74. The summed E-state index contributed by atoms with van der Waals surface area (Å²) in [4.78, 5) is 4.42. The van der Waals surface area contributed by atoms with Gasteiger partial charge in [-0.1, -0.05) is 75.4 Å². The molecule has 0 saturated heterocycles. The lowest BCUT2D eigenvalue weighted by Gasteiger charge is -2.21. The number of benzene rings is 2. The van der Waals surface area contributed by atoms with Crippen LogP contribution < -0.4 is 5.32 Å². The van der Waals surface area contributed by atoms with Crippen molar-refractivity contribution in [2.24, 2.45) is 7.05 Å². The van der Waals surface area contributed by atoms with Crippen LogP contribution in [0.1, 0.15) is 38.1 Å². The number of imidazole rings is 1. The molecule has 3 aromatic rings. The highest BCUT2D eigenvalue weighted by atomic mass is 16.3. The van der Waals surface area contributed by atoms with E-state index < -0.39 is 6.23 Å². The van der Waals surface area contributed by atoms with E-state index in [1.165, 1.54) is 5.56 Å². The summed E-state index contributed by atoms with van der Waals surface area (Å²) >= 11 is 0. The largest absolute Gasteiger partial charge is 0.369 e. The normalized spacial score (nSPS) is 12.8. The lowest BCUT2D eigenvalue weighted by Crippen LogP contribution is -2.16. The number of rotatable bonds is 4. The first-order valence-electron chi connectivity index (χ1n) is 8.48. The van der Waals surface area contributed by atoms with Gasteiger partial charge in [0.1, 0.15) is 0 Å². The van der Waals surface area contributed by atoms with Gasteiger partial charge in [0.15, 0.2) is 6.23 Å². The van der Waals surface area contributed by atoms with Crippen molar-refractivity contribution < 1.29 is 5.11 Å². The number of hydrogen-bond donors (Lipinski definition) is 2. The zero-order valence-corrected chi connectivity index (χ0v) is 15.2. The van der Waals surface area contributed by atoms with Crippen LogP contribution in [0.2, 0.25) is 0 Å². The van der Waals surface area contributed by atoms with E-state index in [0.717, 1.165) is 16.8 Å². The van der Waals surface area contributed by atoms with Gasteiger partial charge in [0.25, 0.3) is 0 Å². The van der Waals surface area contributed by atoms with E-state index in [9.17, 15) is 5.11 Å². The molecular weight excluding hydrogens is 310 g/mol. The first kappa shape index (κ1) is 17.2. The Kier molecular flexibility index (Phi) is 4.64. The van der Waals surface area contributed by atoms with Gasteiger partial charge in [-0.2, -0.15) is 0 Å². The smallest absolute Gasteiger partial charge is 0.205 e. The van der Waals surface area contributed by atoms with Crippen LogP contribution in [0.5, 0.6) is 0 Å². The molecule has 2 N–H and O–H groups in total. The molecule has 3 rings (SSSR count). The van der Waals surface area contributed by atoms with Crippen molar-refractivity contribution in [3.05, 3.63) is 71.9 Å². The maximum atomic E-state index is 10.6. The van der Waals surface area contributed by atoms with Crippen molar-refractivity contribution in [2.45, 2.75) is 32.4 Å². The van der Waals surface area contributed by atoms with Crippen LogP contribution in [-0.2, 0) is 12.5 Å². The third-order valence-corrected chi connectivity index (χ3v) is 4.39. The molecule has 0 spiro atoms. The molecule has 0 radical (unpaired) electrons. The van der Waals surface area contributed by atoms with E-state index >= 15 is 0 Å². The van der Waals surface area contributed by atoms with Gasteiger partial charge in [-0.05, 0) is 16.5 Å². The molecule has 0 amide bonds. The van der Waals surface area contributed by atoms with Crippen molar-refractivity contribution in [1.29, 1.82) is 0 Å². The Morgan fingerprint density at radius 1 is 1.04 bits per heavy atom. The topological polar surface area (TPSA) is 50.1 Å². The number of aromatic nitrogens is 2. The average molecular weight is 335 g/mol. The molecule has 0 fully saturated rings. The molecule has 4 heteroatoms. The summed E-state index contributed by atoms with van der Waals surface area (Å²) in [6, 6.07) is 18.1. The molecule has 2 aromatic carbocycles. The van der Waals surface area contributed by atoms with Crippen molar-refractivity contribution in [2.75, 3.05) is 5.32 Å². The summed E-state index contributed by atoms with van der Waals surface area (Å²) in [6.45, 7) is 6.49. The van der Waals surface area contributed by atoms with Crippen LogP contribution in [-0.4, -0.2) is 14.7 Å². The molecular formula is C21H25N3O. The molecule has 1 atom stereocenters. The minimum atomic E-state index is -0.813. The molecule has 1 heterocycles. The molecule has 1 aromatic heterocycles. The molecule has 0 aliphatic rings. The van der Waals surface area contributed by atoms with Gasteiger partial charge in [0.2, 0.25) is 5.95 Å². The first-order valence-corrected chi connectivity index (χ1v) is 8.48. The summed E-state index contributed by atoms with van der Waals surface area (Å²) in [5, 5.41) is 13.7. The van der Waals surface area contributed by atoms with Crippen LogP contribution in [0.3, 0.4) is 0 Å². The fourth-order valence-electron chi connectivity index (χ4n) is 2.80. The summed E-state index contributed by atoms with van der Waals surface area (Å²) in [5.41, 5.74) is 4.15. The highest BCUT2D eigenvalue weighted by molar-refractivity contribution is 5.61. The molecule has 130 valence electrons. The van der Waals surface area contributed by atoms with Crippen LogP contribution >= 0.6 is 0 Å². The molecule has 1 unspecified atom stereocenters. The number of aliphatic hydroxyl groups excluding tert-OH is 1. The van der Waals surface area contributed by atoms with Crippen molar-refractivity contribution >= 4 is 5.95 Å². The van der Waals surface area contributed by atoms with E-state index in [1.807, 2.05) is 66.3 Å². The Balaban J connectivity index is 1.83.